The molecule has 2 aromatic carbocycles. The number of methoxy groups -OCH3 is 2. The zero-order valence-corrected chi connectivity index (χ0v) is 18.0. The largest absolute Gasteiger partial charge is 0.467 e. The van der Waals surface area contributed by atoms with Gasteiger partial charge < -0.3 is 14.4 Å². The van der Waals surface area contributed by atoms with Crippen molar-refractivity contribution in [2.24, 2.45) is 0 Å². The zero-order valence-electron chi connectivity index (χ0n) is 17.2. The highest BCUT2D eigenvalue weighted by Gasteiger charge is 2.48. The van der Waals surface area contributed by atoms with E-state index >= 15 is 0 Å². The van der Waals surface area contributed by atoms with E-state index in [4.69, 9.17) is 21.1 Å². The van der Waals surface area contributed by atoms with Crippen molar-refractivity contribution < 1.29 is 23.9 Å². The number of nitrogens with zero attached hydrogens (tertiary/aromatic N) is 2. The van der Waals surface area contributed by atoms with E-state index in [0.717, 1.165) is 0 Å². The molecule has 0 saturated carbocycles. The number of rotatable bonds is 4. The summed E-state index contributed by atoms with van der Waals surface area (Å²) >= 11 is 5.98. The number of fused-ring (bicyclic) bond motifs is 3. The Kier molecular flexibility index (Phi) is 5.56. The molecule has 0 bridgehead atoms. The standard InChI is InChI=1S/C24H17ClN2O5/c1-31-23(29)20-18-15-5-3-4-6-16(15)22(28)19(18)17(11-26)27(21(20)24(30)32-2)12-13-7-9-14(25)10-8-13/h3-10,21H,12H2,1-2H3. The summed E-state index contributed by atoms with van der Waals surface area (Å²) in [4.78, 5) is 40.6. The van der Waals surface area contributed by atoms with Gasteiger partial charge in [0.15, 0.2) is 11.8 Å². The van der Waals surface area contributed by atoms with Crippen LogP contribution in [0.25, 0.3) is 5.57 Å². The molecule has 1 aliphatic heterocycles. The molecule has 2 aliphatic rings. The fourth-order valence-electron chi connectivity index (χ4n) is 4.11. The van der Waals surface area contributed by atoms with Gasteiger partial charge in [0, 0.05) is 22.7 Å². The molecule has 7 nitrogen and oxygen atoms in total. The summed E-state index contributed by atoms with van der Waals surface area (Å²) < 4.78 is 9.99. The van der Waals surface area contributed by atoms with Crippen molar-refractivity contribution >= 4 is 34.9 Å². The van der Waals surface area contributed by atoms with Gasteiger partial charge in [0.1, 0.15) is 11.8 Å². The maximum Gasteiger partial charge on any atom is 0.337 e. The van der Waals surface area contributed by atoms with Crippen LogP contribution in [0.3, 0.4) is 0 Å². The molecule has 2 aromatic rings. The molecular formula is C24H17ClN2O5. The summed E-state index contributed by atoms with van der Waals surface area (Å²) in [5.74, 6) is -1.93. The molecule has 1 unspecified atom stereocenters. The van der Waals surface area contributed by atoms with Crippen LogP contribution in [0, 0.1) is 11.3 Å². The Labute approximate surface area is 189 Å². The molecule has 1 aliphatic carbocycles. The number of Topliss-reactive ketones (excluding diaryl/α,β-unsaturated/α-hetero) is 1. The van der Waals surface area contributed by atoms with Crippen LogP contribution in [0.4, 0.5) is 0 Å². The van der Waals surface area contributed by atoms with Crippen LogP contribution in [-0.2, 0) is 25.6 Å². The molecule has 0 N–H and O–H groups in total. The highest BCUT2D eigenvalue weighted by atomic mass is 35.5. The molecule has 8 heteroatoms. The second-order valence-corrected chi connectivity index (χ2v) is 7.61. The fraction of sp³-hybridized carbons (Fsp3) is 0.167. The lowest BCUT2D eigenvalue weighted by Crippen LogP contribution is -2.47. The SMILES string of the molecule is COC(=O)C1=C2C(=C(C#N)N(Cc3ccc(Cl)cc3)C1C(=O)OC)C(=O)c1ccccc12. The van der Waals surface area contributed by atoms with Gasteiger partial charge in [-0.3, -0.25) is 4.79 Å². The minimum absolute atomic E-state index is 0.0146. The van der Waals surface area contributed by atoms with Gasteiger partial charge in [-0.2, -0.15) is 5.26 Å². The van der Waals surface area contributed by atoms with Crippen LogP contribution in [0.2, 0.25) is 5.02 Å². The second kappa shape index (κ2) is 8.33. The van der Waals surface area contributed by atoms with E-state index < -0.39 is 23.8 Å². The van der Waals surface area contributed by atoms with Crippen LogP contribution in [0.1, 0.15) is 21.5 Å². The first-order valence-electron chi connectivity index (χ1n) is 9.63. The molecule has 1 atom stereocenters. The monoisotopic (exact) mass is 448 g/mol. The van der Waals surface area contributed by atoms with Gasteiger partial charge >= 0.3 is 11.9 Å². The minimum atomic E-state index is -1.28. The molecule has 0 amide bonds. The third-order valence-corrected chi connectivity index (χ3v) is 5.75. The summed E-state index contributed by atoms with van der Waals surface area (Å²) in [5, 5.41) is 10.6. The van der Waals surface area contributed by atoms with E-state index in [9.17, 15) is 19.6 Å². The first-order valence-corrected chi connectivity index (χ1v) is 10.0. The van der Waals surface area contributed by atoms with E-state index in [1.807, 2.05) is 0 Å². The molecular weight excluding hydrogens is 432 g/mol. The Hall–Kier alpha value is -3.89. The Morgan fingerprint density at radius 3 is 2.28 bits per heavy atom. The Bertz CT molecular complexity index is 1250. The fourth-order valence-corrected chi connectivity index (χ4v) is 4.24. The van der Waals surface area contributed by atoms with Crippen LogP contribution in [-0.4, -0.2) is 42.9 Å². The molecule has 0 fully saturated rings. The highest BCUT2D eigenvalue weighted by Crippen LogP contribution is 2.46. The molecule has 0 radical (unpaired) electrons. The lowest BCUT2D eigenvalue weighted by molar-refractivity contribution is -0.148. The maximum atomic E-state index is 13.3. The van der Waals surface area contributed by atoms with Crippen molar-refractivity contribution in [3.05, 3.63) is 87.1 Å². The minimum Gasteiger partial charge on any atom is -0.467 e. The van der Waals surface area contributed by atoms with Gasteiger partial charge in [0.2, 0.25) is 0 Å². The topological polar surface area (TPSA) is 96.7 Å². The van der Waals surface area contributed by atoms with E-state index in [1.165, 1.54) is 19.1 Å². The van der Waals surface area contributed by atoms with Crippen molar-refractivity contribution in [2.75, 3.05) is 14.2 Å². The van der Waals surface area contributed by atoms with Crippen molar-refractivity contribution in [3.8, 4) is 6.07 Å². The number of ether oxygens (including phenoxy) is 2. The third kappa shape index (κ3) is 3.26. The lowest BCUT2D eigenvalue weighted by Gasteiger charge is -2.36. The lowest BCUT2D eigenvalue weighted by atomic mass is 9.87. The molecule has 0 spiro atoms. The number of esters is 2. The van der Waals surface area contributed by atoms with Crippen LogP contribution >= 0.6 is 11.6 Å². The number of carbonyl (C=O) groups excluding carboxylic acids is 3. The summed E-state index contributed by atoms with van der Waals surface area (Å²) in [5.41, 5.74) is 1.79. The third-order valence-electron chi connectivity index (χ3n) is 5.50. The zero-order chi connectivity index (χ0) is 23.0. The summed E-state index contributed by atoms with van der Waals surface area (Å²) in [7, 11) is 2.39. The van der Waals surface area contributed by atoms with Gasteiger partial charge in [-0.25, -0.2) is 9.59 Å². The average molecular weight is 449 g/mol. The van der Waals surface area contributed by atoms with Crippen molar-refractivity contribution in [1.82, 2.24) is 4.90 Å². The Morgan fingerprint density at radius 1 is 1.03 bits per heavy atom. The van der Waals surface area contributed by atoms with E-state index in [2.05, 4.69) is 6.07 Å². The number of hydrogen-bond acceptors (Lipinski definition) is 7. The normalized spacial score (nSPS) is 17.0. The smallest absolute Gasteiger partial charge is 0.337 e. The van der Waals surface area contributed by atoms with E-state index in [1.54, 1.807) is 48.5 Å². The Morgan fingerprint density at radius 2 is 1.69 bits per heavy atom. The number of carbonyl (C=O) groups is 3. The van der Waals surface area contributed by atoms with Crippen molar-refractivity contribution in [1.29, 1.82) is 5.26 Å². The predicted molar refractivity (Wildman–Crippen MR) is 115 cm³/mol. The maximum absolute atomic E-state index is 13.3. The number of allylic oxidation sites excluding steroid dienone is 3. The summed E-state index contributed by atoms with van der Waals surface area (Å²) in [6, 6.07) is 14.3. The summed E-state index contributed by atoms with van der Waals surface area (Å²) in [6.07, 6.45) is 0. The molecule has 32 heavy (non-hydrogen) atoms. The van der Waals surface area contributed by atoms with E-state index in [0.29, 0.717) is 21.7 Å². The molecule has 1 heterocycles. The average Bonchev–Trinajstić information content (AvgIpc) is 3.11. The summed E-state index contributed by atoms with van der Waals surface area (Å²) in [6.45, 7) is 0.0563. The molecule has 160 valence electrons. The molecule has 0 aromatic heterocycles. The highest BCUT2D eigenvalue weighted by molar-refractivity contribution is 6.31. The first kappa shape index (κ1) is 21.3. The quantitative estimate of drug-likeness (QED) is 0.662. The van der Waals surface area contributed by atoms with Gasteiger partial charge in [0.25, 0.3) is 0 Å². The number of halogens is 1. The Balaban J connectivity index is 2.02. The van der Waals surface area contributed by atoms with Crippen LogP contribution in [0.5, 0.6) is 0 Å². The van der Waals surface area contributed by atoms with Crippen LogP contribution in [0.15, 0.2) is 65.4 Å². The van der Waals surface area contributed by atoms with Gasteiger partial charge in [-0.15, -0.1) is 0 Å². The van der Waals surface area contributed by atoms with Crippen LogP contribution < -0.4 is 0 Å². The predicted octanol–water partition coefficient (Wildman–Crippen LogP) is 3.30. The number of benzene rings is 2. The van der Waals surface area contributed by atoms with Gasteiger partial charge in [-0.1, -0.05) is 48.0 Å². The number of hydrogen-bond donors (Lipinski definition) is 0. The van der Waals surface area contributed by atoms with Gasteiger partial charge in [0.05, 0.1) is 25.4 Å². The molecule has 4 rings (SSSR count). The number of ketones is 1. The van der Waals surface area contributed by atoms with Gasteiger partial charge in [-0.05, 0) is 23.3 Å². The second-order valence-electron chi connectivity index (χ2n) is 7.17. The first-order chi connectivity index (χ1) is 15.4. The molecule has 0 saturated heterocycles. The van der Waals surface area contributed by atoms with Crippen molar-refractivity contribution in [2.45, 2.75) is 12.6 Å². The number of nitriles is 1. The van der Waals surface area contributed by atoms with E-state index in [-0.39, 0.29) is 29.0 Å². The van der Waals surface area contributed by atoms with Crippen molar-refractivity contribution in [3.63, 3.8) is 0 Å².